The average Bonchev–Trinajstić information content (AvgIpc) is 3.48. The van der Waals surface area contributed by atoms with Crippen LogP contribution in [0.2, 0.25) is 0 Å². The van der Waals surface area contributed by atoms with E-state index in [0.717, 1.165) is 28.5 Å². The average molecular weight is 507 g/mol. The number of aryl methyl sites for hydroxylation is 2. The lowest BCUT2D eigenvalue weighted by atomic mass is 10.1. The molecule has 1 fully saturated rings. The van der Waals surface area contributed by atoms with Crippen molar-refractivity contribution in [1.29, 1.82) is 0 Å². The Kier molecular flexibility index (Phi) is 6.55. The molecule has 1 aromatic carbocycles. The van der Waals surface area contributed by atoms with Crippen LogP contribution in [0, 0.1) is 13.8 Å². The molecule has 12 heteroatoms. The Bertz CT molecular complexity index is 1440. The Morgan fingerprint density at radius 1 is 1.05 bits per heavy atom. The number of methoxy groups -OCH3 is 2. The van der Waals surface area contributed by atoms with Gasteiger partial charge in [-0.15, -0.1) is 0 Å². The molecule has 1 N–H and O–H groups in total. The number of nitrogens with one attached hydrogen (secondary N) is 1. The summed E-state index contributed by atoms with van der Waals surface area (Å²) in [5.41, 5.74) is 3.31. The molecule has 0 bridgehead atoms. The second-order valence-electron chi connectivity index (χ2n) is 8.85. The minimum atomic E-state index is 0.0856. The second-order valence-corrected chi connectivity index (χ2v) is 8.85. The van der Waals surface area contributed by atoms with Gasteiger partial charge in [0, 0.05) is 44.7 Å². The van der Waals surface area contributed by atoms with E-state index in [-0.39, 0.29) is 5.91 Å². The normalized spacial score (nSPS) is 13.8. The molecular weight excluding hydrogens is 476 g/mol. The first-order valence-corrected chi connectivity index (χ1v) is 12.0. The Hall–Kier alpha value is -4.35. The molecule has 4 heterocycles. The van der Waals surface area contributed by atoms with Crippen LogP contribution in [0.3, 0.4) is 0 Å². The lowest BCUT2D eigenvalue weighted by molar-refractivity contribution is -0.129. The fourth-order valence-electron chi connectivity index (χ4n) is 4.56. The van der Waals surface area contributed by atoms with Crippen LogP contribution in [0.25, 0.3) is 16.8 Å². The van der Waals surface area contributed by atoms with Gasteiger partial charge in [0.05, 0.1) is 26.5 Å². The van der Waals surface area contributed by atoms with Gasteiger partial charge < -0.3 is 29.1 Å². The number of benzene rings is 1. The smallest absolute Gasteiger partial charge is 0.245 e. The molecule has 37 heavy (non-hydrogen) atoms. The first-order valence-electron chi connectivity index (χ1n) is 12.0. The molecule has 0 saturated carbocycles. The van der Waals surface area contributed by atoms with E-state index in [9.17, 15) is 4.79 Å². The van der Waals surface area contributed by atoms with E-state index in [1.54, 1.807) is 32.6 Å². The molecule has 0 atom stereocenters. The van der Waals surface area contributed by atoms with Gasteiger partial charge in [0.1, 0.15) is 11.6 Å². The SMILES string of the molecule is COc1ccc(-c2c(C)nn3c(NCc4nc(C)no4)cc(N4CCN(C(C)=O)CC4)nc23)cc1OC. The summed E-state index contributed by atoms with van der Waals surface area (Å²) in [4.78, 5) is 25.2. The van der Waals surface area contributed by atoms with Gasteiger partial charge in [0.2, 0.25) is 11.8 Å². The van der Waals surface area contributed by atoms with Crippen molar-refractivity contribution in [3.63, 3.8) is 0 Å². The van der Waals surface area contributed by atoms with Gasteiger partial charge in [-0.2, -0.15) is 14.6 Å². The number of anilines is 2. The molecule has 0 unspecified atom stereocenters. The molecule has 194 valence electrons. The number of nitrogens with zero attached hydrogens (tertiary/aromatic N) is 7. The van der Waals surface area contributed by atoms with Crippen molar-refractivity contribution in [3.8, 4) is 22.6 Å². The second kappa shape index (κ2) is 9.96. The van der Waals surface area contributed by atoms with Gasteiger partial charge >= 0.3 is 0 Å². The number of fused-ring (bicyclic) bond motifs is 1. The number of carbonyl (C=O) groups excluding carboxylic acids is 1. The van der Waals surface area contributed by atoms with E-state index in [2.05, 4.69) is 20.4 Å². The lowest BCUT2D eigenvalue weighted by Gasteiger charge is -2.35. The molecule has 5 rings (SSSR count). The third kappa shape index (κ3) is 4.74. The summed E-state index contributed by atoms with van der Waals surface area (Å²) in [6.45, 7) is 8.33. The van der Waals surface area contributed by atoms with E-state index in [1.165, 1.54) is 0 Å². The highest BCUT2D eigenvalue weighted by Crippen LogP contribution is 2.36. The Morgan fingerprint density at radius 2 is 1.81 bits per heavy atom. The van der Waals surface area contributed by atoms with Crippen LogP contribution in [-0.4, -0.2) is 75.9 Å². The summed E-state index contributed by atoms with van der Waals surface area (Å²) >= 11 is 0. The fourth-order valence-corrected chi connectivity index (χ4v) is 4.56. The van der Waals surface area contributed by atoms with Crippen LogP contribution in [0.4, 0.5) is 11.6 Å². The number of carbonyl (C=O) groups is 1. The summed E-state index contributed by atoms with van der Waals surface area (Å²) in [6, 6.07) is 7.74. The van der Waals surface area contributed by atoms with Crippen molar-refractivity contribution >= 4 is 23.2 Å². The predicted octanol–water partition coefficient (Wildman–Crippen LogP) is 2.69. The predicted molar refractivity (Wildman–Crippen MR) is 137 cm³/mol. The third-order valence-electron chi connectivity index (χ3n) is 6.46. The molecular formula is C25H30N8O4. The molecule has 0 radical (unpaired) electrons. The highest BCUT2D eigenvalue weighted by atomic mass is 16.5. The molecule has 1 aliphatic heterocycles. The van der Waals surface area contributed by atoms with Gasteiger partial charge in [-0.25, -0.2) is 4.98 Å². The summed E-state index contributed by atoms with van der Waals surface area (Å²) in [7, 11) is 3.23. The molecule has 0 aliphatic carbocycles. The van der Waals surface area contributed by atoms with Crippen LogP contribution in [0.1, 0.15) is 24.3 Å². The van der Waals surface area contributed by atoms with Gasteiger partial charge in [0.25, 0.3) is 0 Å². The van der Waals surface area contributed by atoms with Gasteiger partial charge in [-0.1, -0.05) is 11.2 Å². The number of piperazine rings is 1. The largest absolute Gasteiger partial charge is 0.493 e. The molecule has 12 nitrogen and oxygen atoms in total. The van der Waals surface area contributed by atoms with Crippen LogP contribution in [0.15, 0.2) is 28.8 Å². The zero-order valence-electron chi connectivity index (χ0n) is 21.6. The molecule has 1 saturated heterocycles. The number of ether oxygens (including phenoxy) is 2. The third-order valence-corrected chi connectivity index (χ3v) is 6.46. The maximum absolute atomic E-state index is 11.8. The molecule has 0 spiro atoms. The number of rotatable bonds is 7. The van der Waals surface area contributed by atoms with Crippen molar-refractivity contribution in [3.05, 3.63) is 41.7 Å². The summed E-state index contributed by atoms with van der Waals surface area (Å²) < 4.78 is 18.0. The Labute approximate surface area is 214 Å². The van der Waals surface area contributed by atoms with E-state index < -0.39 is 0 Å². The minimum Gasteiger partial charge on any atom is -0.493 e. The monoisotopic (exact) mass is 506 g/mol. The highest BCUT2D eigenvalue weighted by Gasteiger charge is 2.24. The zero-order valence-corrected chi connectivity index (χ0v) is 21.6. The van der Waals surface area contributed by atoms with Crippen LogP contribution >= 0.6 is 0 Å². The van der Waals surface area contributed by atoms with Crippen molar-refractivity contribution in [1.82, 2.24) is 29.6 Å². The van der Waals surface area contributed by atoms with E-state index in [0.29, 0.717) is 61.6 Å². The van der Waals surface area contributed by atoms with E-state index in [1.807, 2.05) is 36.1 Å². The summed E-state index contributed by atoms with van der Waals surface area (Å²) in [5, 5.41) is 12.1. The first-order chi connectivity index (χ1) is 17.9. The number of aromatic nitrogens is 5. The van der Waals surface area contributed by atoms with Crippen molar-refractivity contribution < 1.29 is 18.8 Å². The summed E-state index contributed by atoms with van der Waals surface area (Å²) in [5.74, 6) is 3.94. The van der Waals surface area contributed by atoms with Gasteiger partial charge in [0.15, 0.2) is 23.0 Å². The number of hydrogen-bond donors (Lipinski definition) is 1. The van der Waals surface area contributed by atoms with Crippen LogP contribution < -0.4 is 19.7 Å². The Morgan fingerprint density at radius 3 is 2.46 bits per heavy atom. The molecule has 1 aliphatic rings. The summed E-state index contributed by atoms with van der Waals surface area (Å²) in [6.07, 6.45) is 0. The van der Waals surface area contributed by atoms with Gasteiger partial charge in [-0.05, 0) is 31.5 Å². The quantitative estimate of drug-likeness (QED) is 0.400. The van der Waals surface area contributed by atoms with Crippen LogP contribution in [-0.2, 0) is 11.3 Å². The van der Waals surface area contributed by atoms with Crippen molar-refractivity contribution in [2.75, 3.05) is 50.6 Å². The highest BCUT2D eigenvalue weighted by molar-refractivity contribution is 5.83. The maximum Gasteiger partial charge on any atom is 0.245 e. The van der Waals surface area contributed by atoms with Crippen molar-refractivity contribution in [2.24, 2.45) is 0 Å². The zero-order chi connectivity index (χ0) is 26.1. The van der Waals surface area contributed by atoms with Crippen molar-refractivity contribution in [2.45, 2.75) is 27.3 Å². The molecule has 1 amide bonds. The topological polar surface area (TPSA) is 123 Å². The fraction of sp³-hybridized carbons (Fsp3) is 0.400. The maximum atomic E-state index is 11.8. The van der Waals surface area contributed by atoms with Crippen LogP contribution in [0.5, 0.6) is 11.5 Å². The van der Waals surface area contributed by atoms with E-state index in [4.69, 9.17) is 24.1 Å². The molecule has 3 aromatic heterocycles. The first kappa shape index (κ1) is 24.3. The molecule has 4 aromatic rings. The standard InChI is InChI=1S/C25H30N8O4/c1-15-24(18-6-7-19(35-4)20(12-18)36-5)25-28-22(32-10-8-31(9-11-32)17(3)34)13-21(33(25)29-15)26-14-23-27-16(2)30-37-23/h6-7,12-13,26H,8-11,14H2,1-5H3. The lowest BCUT2D eigenvalue weighted by Crippen LogP contribution is -2.48. The number of amides is 1. The van der Waals surface area contributed by atoms with E-state index >= 15 is 0 Å². The number of hydrogen-bond acceptors (Lipinski definition) is 10. The Balaban J connectivity index is 1.59. The van der Waals surface area contributed by atoms with Gasteiger partial charge in [-0.3, -0.25) is 4.79 Å². The minimum absolute atomic E-state index is 0.0856.